The molecular formula is C9H17NO4. The van der Waals surface area contributed by atoms with Gasteiger partial charge in [0.1, 0.15) is 0 Å². The first-order valence-electron chi connectivity index (χ1n) is 4.44. The fourth-order valence-electron chi connectivity index (χ4n) is 0.801. The van der Waals surface area contributed by atoms with Crippen LogP contribution in [0.15, 0.2) is 0 Å². The Morgan fingerprint density at radius 3 is 2.29 bits per heavy atom. The van der Waals surface area contributed by atoms with Gasteiger partial charge in [0.05, 0.1) is 11.5 Å². The van der Waals surface area contributed by atoms with Crippen molar-refractivity contribution in [3.63, 3.8) is 0 Å². The second-order valence-corrected chi connectivity index (χ2v) is 4.02. The fourth-order valence-corrected chi connectivity index (χ4v) is 0.801. The molecule has 5 heteroatoms. The molecule has 14 heavy (non-hydrogen) atoms. The van der Waals surface area contributed by atoms with E-state index in [0.717, 1.165) is 0 Å². The van der Waals surface area contributed by atoms with E-state index in [0.29, 0.717) is 0 Å². The highest BCUT2D eigenvalue weighted by Crippen LogP contribution is 2.19. The summed E-state index contributed by atoms with van der Waals surface area (Å²) < 4.78 is 0. The number of nitrogens with one attached hydrogen (secondary N) is 1. The minimum Gasteiger partial charge on any atom is -0.481 e. The van der Waals surface area contributed by atoms with Crippen molar-refractivity contribution in [1.82, 2.24) is 5.32 Å². The Labute approximate surface area is 83.1 Å². The number of carbonyl (C=O) groups excluding carboxylic acids is 1. The number of carboxylic acids is 1. The summed E-state index contributed by atoms with van der Waals surface area (Å²) in [7, 11) is 0. The lowest BCUT2D eigenvalue weighted by atomic mass is 9.89. The number of hydrogen-bond donors (Lipinski definition) is 3. The molecule has 0 heterocycles. The number of amides is 1. The third-order valence-electron chi connectivity index (χ3n) is 1.78. The topological polar surface area (TPSA) is 86.6 Å². The van der Waals surface area contributed by atoms with E-state index >= 15 is 0 Å². The number of rotatable bonds is 5. The van der Waals surface area contributed by atoms with E-state index in [-0.39, 0.29) is 18.9 Å². The van der Waals surface area contributed by atoms with E-state index in [1.165, 1.54) is 13.8 Å². The van der Waals surface area contributed by atoms with Crippen LogP contribution in [0.2, 0.25) is 0 Å². The average Bonchev–Trinajstić information content (AvgIpc) is 1.99. The number of carbonyl (C=O) groups is 2. The summed E-state index contributed by atoms with van der Waals surface area (Å²) in [5.74, 6) is -1.37. The van der Waals surface area contributed by atoms with Crippen molar-refractivity contribution in [3.8, 4) is 0 Å². The molecule has 0 radical (unpaired) electrons. The van der Waals surface area contributed by atoms with Gasteiger partial charge in [-0.05, 0) is 20.8 Å². The summed E-state index contributed by atoms with van der Waals surface area (Å²) in [4.78, 5) is 21.8. The van der Waals surface area contributed by atoms with Crippen molar-refractivity contribution < 1.29 is 19.8 Å². The quantitative estimate of drug-likeness (QED) is 0.586. The first-order valence-corrected chi connectivity index (χ1v) is 4.44. The summed E-state index contributed by atoms with van der Waals surface area (Å²) in [6.45, 7) is 4.66. The molecule has 0 spiro atoms. The number of aliphatic carboxylic acids is 1. The second kappa shape index (κ2) is 4.95. The molecule has 0 aromatic heterocycles. The van der Waals surface area contributed by atoms with Crippen LogP contribution in [-0.4, -0.2) is 34.7 Å². The lowest BCUT2D eigenvalue weighted by molar-refractivity contribution is -0.149. The normalized spacial score (nSPS) is 13.4. The molecule has 1 atom stereocenters. The molecule has 0 fully saturated rings. The summed E-state index contributed by atoms with van der Waals surface area (Å²) in [5.41, 5.74) is -1.07. The van der Waals surface area contributed by atoms with Crippen LogP contribution in [0.25, 0.3) is 0 Å². The van der Waals surface area contributed by atoms with Gasteiger partial charge in [-0.2, -0.15) is 0 Å². The van der Waals surface area contributed by atoms with Gasteiger partial charge in [0.2, 0.25) is 5.91 Å². The average molecular weight is 203 g/mol. The Morgan fingerprint density at radius 1 is 1.43 bits per heavy atom. The maximum atomic E-state index is 11.2. The minimum atomic E-state index is -1.07. The van der Waals surface area contributed by atoms with Gasteiger partial charge in [-0.25, -0.2) is 0 Å². The van der Waals surface area contributed by atoms with Crippen molar-refractivity contribution >= 4 is 11.9 Å². The van der Waals surface area contributed by atoms with Crippen molar-refractivity contribution in [2.45, 2.75) is 33.3 Å². The Hall–Kier alpha value is -1.10. The molecule has 0 aliphatic carbocycles. The zero-order valence-corrected chi connectivity index (χ0v) is 8.70. The second-order valence-electron chi connectivity index (χ2n) is 4.02. The fraction of sp³-hybridized carbons (Fsp3) is 0.778. The zero-order chi connectivity index (χ0) is 11.4. The maximum Gasteiger partial charge on any atom is 0.309 e. The SMILES string of the molecule is C[C@H](O)CNC(=O)CC(C)(C)C(=O)O. The van der Waals surface area contributed by atoms with Gasteiger partial charge in [-0.15, -0.1) is 0 Å². The molecular weight excluding hydrogens is 186 g/mol. The van der Waals surface area contributed by atoms with E-state index in [9.17, 15) is 9.59 Å². The van der Waals surface area contributed by atoms with Crippen LogP contribution >= 0.6 is 0 Å². The molecule has 0 aliphatic heterocycles. The van der Waals surface area contributed by atoms with Crippen LogP contribution in [0.1, 0.15) is 27.2 Å². The number of hydrogen-bond acceptors (Lipinski definition) is 3. The van der Waals surface area contributed by atoms with Gasteiger partial charge >= 0.3 is 5.97 Å². The molecule has 0 aromatic rings. The molecule has 3 N–H and O–H groups in total. The van der Waals surface area contributed by atoms with E-state index in [4.69, 9.17) is 10.2 Å². The monoisotopic (exact) mass is 203 g/mol. The molecule has 0 rings (SSSR count). The van der Waals surface area contributed by atoms with Crippen molar-refractivity contribution in [1.29, 1.82) is 0 Å². The third kappa shape index (κ3) is 4.81. The highest BCUT2D eigenvalue weighted by Gasteiger charge is 2.29. The zero-order valence-electron chi connectivity index (χ0n) is 8.70. The Bertz CT molecular complexity index is 223. The predicted octanol–water partition coefficient (Wildman–Crippen LogP) is -0.0157. The van der Waals surface area contributed by atoms with Crippen LogP contribution in [0.4, 0.5) is 0 Å². The first-order chi connectivity index (χ1) is 6.25. The molecule has 1 amide bonds. The van der Waals surface area contributed by atoms with E-state index in [1.807, 2.05) is 0 Å². The van der Waals surface area contributed by atoms with Gasteiger partial charge in [0.15, 0.2) is 0 Å². The summed E-state index contributed by atoms with van der Waals surface area (Å²) >= 11 is 0. The van der Waals surface area contributed by atoms with E-state index in [1.54, 1.807) is 6.92 Å². The van der Waals surface area contributed by atoms with Crippen LogP contribution in [0.5, 0.6) is 0 Å². The van der Waals surface area contributed by atoms with Crippen LogP contribution in [0.3, 0.4) is 0 Å². The lowest BCUT2D eigenvalue weighted by Crippen LogP contribution is -2.36. The van der Waals surface area contributed by atoms with Gasteiger partial charge in [0, 0.05) is 13.0 Å². The molecule has 0 unspecified atom stereocenters. The Balaban J connectivity index is 4.00. The maximum absolute atomic E-state index is 11.2. The van der Waals surface area contributed by atoms with Gasteiger partial charge in [-0.1, -0.05) is 0 Å². The molecule has 0 saturated heterocycles. The highest BCUT2D eigenvalue weighted by atomic mass is 16.4. The van der Waals surface area contributed by atoms with E-state index in [2.05, 4.69) is 5.32 Å². The smallest absolute Gasteiger partial charge is 0.309 e. The Morgan fingerprint density at radius 2 is 1.93 bits per heavy atom. The number of aliphatic hydroxyl groups is 1. The van der Waals surface area contributed by atoms with Crippen LogP contribution in [-0.2, 0) is 9.59 Å². The standard InChI is InChI=1S/C9H17NO4/c1-6(11)5-10-7(12)4-9(2,3)8(13)14/h6,11H,4-5H2,1-3H3,(H,10,12)(H,13,14)/t6-/m0/s1. The van der Waals surface area contributed by atoms with Gasteiger partial charge in [0.25, 0.3) is 0 Å². The minimum absolute atomic E-state index is 0.0882. The summed E-state index contributed by atoms with van der Waals surface area (Å²) in [5, 5.41) is 20.1. The largest absolute Gasteiger partial charge is 0.481 e. The summed E-state index contributed by atoms with van der Waals surface area (Å²) in [6.07, 6.45) is -0.707. The summed E-state index contributed by atoms with van der Waals surface area (Å²) in [6, 6.07) is 0. The molecule has 0 bridgehead atoms. The highest BCUT2D eigenvalue weighted by molar-refractivity contribution is 5.84. The molecule has 0 aromatic carbocycles. The first kappa shape index (κ1) is 12.9. The van der Waals surface area contributed by atoms with Crippen molar-refractivity contribution in [2.24, 2.45) is 5.41 Å². The molecule has 0 saturated carbocycles. The van der Waals surface area contributed by atoms with Gasteiger partial charge in [-0.3, -0.25) is 9.59 Å². The third-order valence-corrected chi connectivity index (χ3v) is 1.78. The molecule has 82 valence electrons. The number of aliphatic hydroxyl groups excluding tert-OH is 1. The predicted molar refractivity (Wildman–Crippen MR) is 50.7 cm³/mol. The van der Waals surface area contributed by atoms with Crippen LogP contribution < -0.4 is 5.32 Å². The van der Waals surface area contributed by atoms with Gasteiger partial charge < -0.3 is 15.5 Å². The van der Waals surface area contributed by atoms with E-state index < -0.39 is 17.5 Å². The van der Waals surface area contributed by atoms with Crippen molar-refractivity contribution in [3.05, 3.63) is 0 Å². The van der Waals surface area contributed by atoms with Crippen LogP contribution in [0, 0.1) is 5.41 Å². The molecule has 5 nitrogen and oxygen atoms in total. The molecule has 0 aliphatic rings. The lowest BCUT2D eigenvalue weighted by Gasteiger charge is -2.18. The Kier molecular flexibility index (Phi) is 4.56. The van der Waals surface area contributed by atoms with Crippen molar-refractivity contribution in [2.75, 3.05) is 6.54 Å². The number of carboxylic acid groups (broad SMARTS) is 1.